The summed E-state index contributed by atoms with van der Waals surface area (Å²) in [5.74, 6) is 0. The Labute approximate surface area is 112 Å². The van der Waals surface area contributed by atoms with Gasteiger partial charge in [-0.05, 0) is 43.8 Å². The molecule has 0 fully saturated rings. The SMILES string of the molecule is CCCNC(c1cnc(C)cn1)c1sccc1C. The molecule has 0 radical (unpaired) electrons. The van der Waals surface area contributed by atoms with Crippen molar-refractivity contribution in [3.63, 3.8) is 0 Å². The lowest BCUT2D eigenvalue weighted by molar-refractivity contribution is 0.589. The van der Waals surface area contributed by atoms with Crippen LogP contribution in [0.2, 0.25) is 0 Å². The summed E-state index contributed by atoms with van der Waals surface area (Å²) in [6.07, 6.45) is 4.82. The zero-order valence-electron chi connectivity index (χ0n) is 11.1. The molecule has 2 aromatic rings. The van der Waals surface area contributed by atoms with E-state index in [0.29, 0.717) is 0 Å². The van der Waals surface area contributed by atoms with Gasteiger partial charge in [-0.3, -0.25) is 9.97 Å². The molecule has 0 bridgehead atoms. The topological polar surface area (TPSA) is 37.8 Å². The van der Waals surface area contributed by atoms with Crippen LogP contribution in [-0.2, 0) is 0 Å². The van der Waals surface area contributed by atoms with Crippen molar-refractivity contribution in [3.05, 3.63) is 45.7 Å². The predicted octanol–water partition coefficient (Wildman–Crippen LogP) is 3.24. The lowest BCUT2D eigenvalue weighted by Gasteiger charge is -2.17. The highest BCUT2D eigenvalue weighted by atomic mass is 32.1. The summed E-state index contributed by atoms with van der Waals surface area (Å²) >= 11 is 1.78. The van der Waals surface area contributed by atoms with Gasteiger partial charge in [-0.2, -0.15) is 0 Å². The van der Waals surface area contributed by atoms with E-state index in [4.69, 9.17) is 0 Å². The van der Waals surface area contributed by atoms with E-state index in [1.165, 1.54) is 10.4 Å². The quantitative estimate of drug-likeness (QED) is 0.898. The molecule has 2 aromatic heterocycles. The number of nitrogens with one attached hydrogen (secondary N) is 1. The molecule has 3 nitrogen and oxygen atoms in total. The van der Waals surface area contributed by atoms with Crippen molar-refractivity contribution in [2.24, 2.45) is 0 Å². The fourth-order valence-electron chi connectivity index (χ4n) is 1.85. The van der Waals surface area contributed by atoms with Crippen molar-refractivity contribution >= 4 is 11.3 Å². The Morgan fingerprint density at radius 1 is 1.28 bits per heavy atom. The van der Waals surface area contributed by atoms with Gasteiger partial charge in [0.25, 0.3) is 0 Å². The molecule has 4 heteroatoms. The maximum atomic E-state index is 4.51. The largest absolute Gasteiger partial charge is 0.304 e. The van der Waals surface area contributed by atoms with Crippen molar-refractivity contribution in [2.75, 3.05) is 6.54 Å². The highest BCUT2D eigenvalue weighted by molar-refractivity contribution is 7.10. The molecule has 0 aliphatic carbocycles. The lowest BCUT2D eigenvalue weighted by atomic mass is 10.1. The summed E-state index contributed by atoms with van der Waals surface area (Å²) in [5.41, 5.74) is 3.27. The molecule has 0 aliphatic rings. The monoisotopic (exact) mass is 261 g/mol. The first-order valence-electron chi connectivity index (χ1n) is 6.28. The van der Waals surface area contributed by atoms with E-state index < -0.39 is 0 Å². The molecular weight excluding hydrogens is 242 g/mol. The zero-order valence-corrected chi connectivity index (χ0v) is 11.9. The smallest absolute Gasteiger partial charge is 0.0863 e. The van der Waals surface area contributed by atoms with E-state index in [9.17, 15) is 0 Å². The molecule has 0 saturated carbocycles. The third kappa shape index (κ3) is 2.94. The summed E-state index contributed by atoms with van der Waals surface area (Å²) in [4.78, 5) is 10.2. The number of nitrogens with zero attached hydrogens (tertiary/aromatic N) is 2. The van der Waals surface area contributed by atoms with Gasteiger partial charge in [0.1, 0.15) is 0 Å². The second-order valence-corrected chi connectivity index (χ2v) is 5.39. The van der Waals surface area contributed by atoms with Gasteiger partial charge in [-0.1, -0.05) is 6.92 Å². The second kappa shape index (κ2) is 6.07. The van der Waals surface area contributed by atoms with Crippen LogP contribution in [0.15, 0.2) is 23.8 Å². The van der Waals surface area contributed by atoms with Gasteiger partial charge in [0.15, 0.2) is 0 Å². The van der Waals surface area contributed by atoms with Crippen molar-refractivity contribution in [1.82, 2.24) is 15.3 Å². The minimum atomic E-state index is 0.165. The molecular formula is C14H19N3S. The van der Waals surface area contributed by atoms with Crippen molar-refractivity contribution in [2.45, 2.75) is 33.2 Å². The van der Waals surface area contributed by atoms with E-state index in [-0.39, 0.29) is 6.04 Å². The Morgan fingerprint density at radius 2 is 2.11 bits per heavy atom. The number of thiophene rings is 1. The first-order valence-corrected chi connectivity index (χ1v) is 7.16. The van der Waals surface area contributed by atoms with E-state index in [0.717, 1.165) is 24.4 Å². The number of aryl methyl sites for hydroxylation is 2. The summed E-state index contributed by atoms with van der Waals surface area (Å²) in [5, 5.41) is 5.69. The molecule has 18 heavy (non-hydrogen) atoms. The molecule has 0 spiro atoms. The number of rotatable bonds is 5. The molecule has 0 amide bonds. The summed E-state index contributed by atoms with van der Waals surface area (Å²) in [6, 6.07) is 2.32. The van der Waals surface area contributed by atoms with Gasteiger partial charge in [0, 0.05) is 11.1 Å². The van der Waals surface area contributed by atoms with Crippen LogP contribution in [0.25, 0.3) is 0 Å². The van der Waals surface area contributed by atoms with Gasteiger partial charge in [0.05, 0.1) is 23.6 Å². The Bertz CT molecular complexity index is 490. The van der Waals surface area contributed by atoms with Gasteiger partial charge in [-0.25, -0.2) is 0 Å². The minimum Gasteiger partial charge on any atom is -0.304 e. The molecule has 1 N–H and O–H groups in total. The maximum absolute atomic E-state index is 4.51. The third-order valence-electron chi connectivity index (χ3n) is 2.86. The average molecular weight is 261 g/mol. The van der Waals surface area contributed by atoms with Crippen LogP contribution in [0.4, 0.5) is 0 Å². The Hall–Kier alpha value is -1.26. The highest BCUT2D eigenvalue weighted by Gasteiger charge is 2.18. The van der Waals surface area contributed by atoms with Crippen LogP contribution in [0.1, 0.15) is 41.2 Å². The minimum absolute atomic E-state index is 0.165. The average Bonchev–Trinajstić information content (AvgIpc) is 2.78. The molecule has 0 aliphatic heterocycles. The molecule has 2 heterocycles. The van der Waals surface area contributed by atoms with E-state index in [1.807, 2.05) is 19.3 Å². The Balaban J connectivity index is 2.30. The van der Waals surface area contributed by atoms with Crippen LogP contribution in [0.3, 0.4) is 0 Å². The van der Waals surface area contributed by atoms with Crippen LogP contribution in [0.5, 0.6) is 0 Å². The van der Waals surface area contributed by atoms with Crippen LogP contribution in [0, 0.1) is 13.8 Å². The van der Waals surface area contributed by atoms with Gasteiger partial charge in [0.2, 0.25) is 0 Å². The molecule has 0 saturated heterocycles. The van der Waals surface area contributed by atoms with Crippen molar-refractivity contribution in [1.29, 1.82) is 0 Å². The zero-order chi connectivity index (χ0) is 13.0. The Kier molecular flexibility index (Phi) is 4.44. The maximum Gasteiger partial charge on any atom is 0.0863 e. The van der Waals surface area contributed by atoms with Gasteiger partial charge in [-0.15, -0.1) is 11.3 Å². The van der Waals surface area contributed by atoms with Gasteiger partial charge >= 0.3 is 0 Å². The molecule has 0 aromatic carbocycles. The molecule has 2 rings (SSSR count). The second-order valence-electron chi connectivity index (χ2n) is 4.44. The van der Waals surface area contributed by atoms with E-state index in [1.54, 1.807) is 11.3 Å². The summed E-state index contributed by atoms with van der Waals surface area (Å²) in [6.45, 7) is 7.26. The normalized spacial score (nSPS) is 12.6. The summed E-state index contributed by atoms with van der Waals surface area (Å²) < 4.78 is 0. The third-order valence-corrected chi connectivity index (χ3v) is 3.94. The number of hydrogen-bond acceptors (Lipinski definition) is 4. The fourth-order valence-corrected chi connectivity index (χ4v) is 2.86. The van der Waals surface area contributed by atoms with Crippen molar-refractivity contribution in [3.8, 4) is 0 Å². The molecule has 1 unspecified atom stereocenters. The predicted molar refractivity (Wildman–Crippen MR) is 76.0 cm³/mol. The highest BCUT2D eigenvalue weighted by Crippen LogP contribution is 2.28. The van der Waals surface area contributed by atoms with Crippen LogP contribution < -0.4 is 5.32 Å². The first kappa shape index (κ1) is 13.2. The van der Waals surface area contributed by atoms with Crippen LogP contribution in [-0.4, -0.2) is 16.5 Å². The molecule has 96 valence electrons. The Morgan fingerprint density at radius 3 is 2.67 bits per heavy atom. The van der Waals surface area contributed by atoms with E-state index >= 15 is 0 Å². The molecule has 1 atom stereocenters. The van der Waals surface area contributed by atoms with Crippen LogP contribution >= 0.6 is 11.3 Å². The van der Waals surface area contributed by atoms with Gasteiger partial charge < -0.3 is 5.32 Å². The number of hydrogen-bond donors (Lipinski definition) is 1. The van der Waals surface area contributed by atoms with Crippen molar-refractivity contribution < 1.29 is 0 Å². The first-order chi connectivity index (χ1) is 8.72. The summed E-state index contributed by atoms with van der Waals surface area (Å²) in [7, 11) is 0. The lowest BCUT2D eigenvalue weighted by Crippen LogP contribution is -2.24. The number of aromatic nitrogens is 2. The standard InChI is InChI=1S/C14H19N3S/c1-4-6-15-13(14-10(2)5-7-18-14)12-9-16-11(3)8-17-12/h5,7-9,13,15H,4,6H2,1-3H3. The fraction of sp³-hybridized carbons (Fsp3) is 0.429. The van der Waals surface area contributed by atoms with E-state index in [2.05, 4.69) is 40.6 Å².